The third-order valence-electron chi connectivity index (χ3n) is 2.60. The number of hydrogen-bond donors (Lipinski definition) is 1. The second kappa shape index (κ2) is 9.37. The number of nitrogens with zero attached hydrogens (tertiary/aromatic N) is 1. The summed E-state index contributed by atoms with van der Waals surface area (Å²) in [5.74, 6) is 0.348. The fourth-order valence-corrected chi connectivity index (χ4v) is 1.79. The molecule has 0 saturated carbocycles. The summed E-state index contributed by atoms with van der Waals surface area (Å²) in [6.07, 6.45) is 3.87. The lowest BCUT2D eigenvalue weighted by atomic mass is 10.1. The average Bonchev–Trinajstić information content (AvgIpc) is 2.44. The number of rotatable bonds is 8. The van der Waals surface area contributed by atoms with Crippen LogP contribution < -0.4 is 10.2 Å². The van der Waals surface area contributed by atoms with Crippen molar-refractivity contribution < 1.29 is 9.53 Å². The molecule has 5 heteroatoms. The molecule has 0 unspecified atom stereocenters. The van der Waals surface area contributed by atoms with Gasteiger partial charge in [0.05, 0.1) is 0 Å². The van der Waals surface area contributed by atoms with Crippen LogP contribution in [0.15, 0.2) is 29.4 Å². The zero-order valence-corrected chi connectivity index (χ0v) is 12.7. The molecule has 0 radical (unpaired) electrons. The van der Waals surface area contributed by atoms with E-state index < -0.39 is 0 Å². The molecule has 0 aliphatic rings. The van der Waals surface area contributed by atoms with Gasteiger partial charge >= 0.3 is 0 Å². The lowest BCUT2D eigenvalue weighted by molar-refractivity contribution is -0.123. The molecule has 4 nitrogen and oxygen atoms in total. The summed E-state index contributed by atoms with van der Waals surface area (Å²) < 4.78 is 5.34. The molecule has 110 valence electrons. The molecule has 1 aromatic carbocycles. The van der Waals surface area contributed by atoms with E-state index >= 15 is 0 Å². The summed E-state index contributed by atoms with van der Waals surface area (Å²) in [6.45, 7) is 4.13. The van der Waals surface area contributed by atoms with Crippen LogP contribution in [-0.2, 0) is 4.79 Å². The van der Waals surface area contributed by atoms with Gasteiger partial charge in [-0.2, -0.15) is 5.10 Å². The number of benzene rings is 1. The first-order chi connectivity index (χ1) is 9.65. The maximum absolute atomic E-state index is 11.6. The zero-order chi connectivity index (χ0) is 14.8. The second-order valence-electron chi connectivity index (χ2n) is 4.46. The fourth-order valence-electron chi connectivity index (χ4n) is 1.67. The zero-order valence-electron chi connectivity index (χ0n) is 12.0. The smallest absolute Gasteiger partial charge is 0.277 e. The van der Waals surface area contributed by atoms with Crippen LogP contribution >= 0.6 is 11.6 Å². The Kier molecular flexibility index (Phi) is 7.73. The number of carbonyl (C=O) groups excluding carboxylic acids is 1. The van der Waals surface area contributed by atoms with Crippen molar-refractivity contribution in [3.8, 4) is 5.75 Å². The Balaban J connectivity index is 2.38. The Morgan fingerprint density at radius 3 is 2.35 bits per heavy atom. The topological polar surface area (TPSA) is 50.7 Å². The number of hydrogen-bond acceptors (Lipinski definition) is 3. The van der Waals surface area contributed by atoms with Crippen molar-refractivity contribution in [2.24, 2.45) is 5.10 Å². The van der Waals surface area contributed by atoms with Gasteiger partial charge in [-0.15, -0.1) is 0 Å². The number of nitrogens with one attached hydrogen (secondary N) is 1. The number of hydrazone groups is 1. The predicted octanol–water partition coefficient (Wildman–Crippen LogP) is 3.79. The highest BCUT2D eigenvalue weighted by Gasteiger charge is 2.03. The van der Waals surface area contributed by atoms with Crippen LogP contribution in [0.25, 0.3) is 0 Å². The fraction of sp³-hybridized carbons (Fsp3) is 0.467. The molecule has 20 heavy (non-hydrogen) atoms. The van der Waals surface area contributed by atoms with Crippen molar-refractivity contribution in [3.63, 3.8) is 0 Å². The van der Waals surface area contributed by atoms with Crippen molar-refractivity contribution in [1.82, 2.24) is 5.43 Å². The van der Waals surface area contributed by atoms with E-state index in [1.807, 2.05) is 0 Å². The van der Waals surface area contributed by atoms with Crippen LogP contribution in [0.3, 0.4) is 0 Å². The summed E-state index contributed by atoms with van der Waals surface area (Å²) in [6, 6.07) is 6.87. The number of carbonyl (C=O) groups is 1. The molecule has 0 aromatic heterocycles. The lowest BCUT2D eigenvalue weighted by Crippen LogP contribution is -2.25. The minimum atomic E-state index is -0.260. The van der Waals surface area contributed by atoms with Gasteiger partial charge < -0.3 is 4.74 Å². The molecule has 0 fully saturated rings. The first kappa shape index (κ1) is 16.5. The molecule has 0 atom stereocenters. The monoisotopic (exact) mass is 296 g/mol. The maximum atomic E-state index is 11.6. The van der Waals surface area contributed by atoms with Gasteiger partial charge in [0.15, 0.2) is 6.61 Å². The summed E-state index contributed by atoms with van der Waals surface area (Å²) in [7, 11) is 0. The minimum Gasteiger partial charge on any atom is -0.484 e. The van der Waals surface area contributed by atoms with Gasteiger partial charge in [0, 0.05) is 10.7 Å². The van der Waals surface area contributed by atoms with Gasteiger partial charge in [-0.3, -0.25) is 4.79 Å². The summed E-state index contributed by atoms with van der Waals surface area (Å²) in [5.41, 5.74) is 3.55. The van der Waals surface area contributed by atoms with Crippen LogP contribution in [0.5, 0.6) is 5.75 Å². The Morgan fingerprint density at radius 1 is 1.20 bits per heavy atom. The summed E-state index contributed by atoms with van der Waals surface area (Å²) in [4.78, 5) is 11.6. The van der Waals surface area contributed by atoms with Gasteiger partial charge in [-0.25, -0.2) is 5.43 Å². The molecule has 1 amide bonds. The van der Waals surface area contributed by atoms with Gasteiger partial charge in [0.2, 0.25) is 0 Å². The molecule has 1 rings (SSSR count). The molecule has 1 N–H and O–H groups in total. The highest BCUT2D eigenvalue weighted by atomic mass is 35.5. The lowest BCUT2D eigenvalue weighted by Gasteiger charge is -2.06. The average molecular weight is 297 g/mol. The van der Waals surface area contributed by atoms with E-state index in [2.05, 4.69) is 24.4 Å². The molecule has 0 spiro atoms. The third-order valence-corrected chi connectivity index (χ3v) is 2.85. The second-order valence-corrected chi connectivity index (χ2v) is 4.89. The minimum absolute atomic E-state index is 0.0589. The summed E-state index contributed by atoms with van der Waals surface area (Å²) >= 11 is 5.77. The predicted molar refractivity (Wildman–Crippen MR) is 82.3 cm³/mol. The SMILES string of the molecule is CCCC(CCC)=NNC(=O)COc1ccc(Cl)cc1. The Bertz CT molecular complexity index is 436. The largest absolute Gasteiger partial charge is 0.484 e. The van der Waals surface area contributed by atoms with E-state index in [1.165, 1.54) is 0 Å². The van der Waals surface area contributed by atoms with Crippen LogP contribution in [0, 0.1) is 0 Å². The van der Waals surface area contributed by atoms with E-state index in [0.717, 1.165) is 31.4 Å². The van der Waals surface area contributed by atoms with E-state index in [9.17, 15) is 4.79 Å². The standard InChI is InChI=1S/C15H21ClN2O2/c1-3-5-13(6-4-2)17-18-15(19)11-20-14-9-7-12(16)8-10-14/h7-10H,3-6,11H2,1-2H3,(H,18,19). The van der Waals surface area contributed by atoms with Crippen molar-refractivity contribution in [1.29, 1.82) is 0 Å². The van der Waals surface area contributed by atoms with Crippen LogP contribution in [0.1, 0.15) is 39.5 Å². The Morgan fingerprint density at radius 2 is 1.80 bits per heavy atom. The highest BCUT2D eigenvalue weighted by molar-refractivity contribution is 6.30. The third kappa shape index (κ3) is 6.57. The molecule has 0 heterocycles. The van der Waals surface area contributed by atoms with Gasteiger partial charge in [-0.05, 0) is 37.1 Å². The van der Waals surface area contributed by atoms with Crippen molar-refractivity contribution in [2.75, 3.05) is 6.61 Å². The molecule has 0 aliphatic heterocycles. The van der Waals surface area contributed by atoms with Crippen molar-refractivity contribution in [2.45, 2.75) is 39.5 Å². The van der Waals surface area contributed by atoms with Gasteiger partial charge in [-0.1, -0.05) is 38.3 Å². The van der Waals surface area contributed by atoms with E-state index in [0.29, 0.717) is 10.8 Å². The van der Waals surface area contributed by atoms with Crippen LogP contribution in [0.2, 0.25) is 5.02 Å². The molecule has 0 aliphatic carbocycles. The Hall–Kier alpha value is -1.55. The molecule has 0 bridgehead atoms. The number of halogens is 1. The van der Waals surface area contributed by atoms with Crippen LogP contribution in [-0.4, -0.2) is 18.2 Å². The molecule has 1 aromatic rings. The van der Waals surface area contributed by atoms with E-state index in [-0.39, 0.29) is 12.5 Å². The first-order valence-electron chi connectivity index (χ1n) is 6.88. The molecular formula is C15H21ClN2O2. The number of amides is 1. The van der Waals surface area contributed by atoms with E-state index in [1.54, 1.807) is 24.3 Å². The van der Waals surface area contributed by atoms with Crippen molar-refractivity contribution in [3.05, 3.63) is 29.3 Å². The Labute approximate surface area is 125 Å². The van der Waals surface area contributed by atoms with Crippen molar-refractivity contribution >= 4 is 23.2 Å². The van der Waals surface area contributed by atoms with Gasteiger partial charge in [0.25, 0.3) is 5.91 Å². The highest BCUT2D eigenvalue weighted by Crippen LogP contribution is 2.15. The summed E-state index contributed by atoms with van der Waals surface area (Å²) in [5, 5.41) is 4.78. The maximum Gasteiger partial charge on any atom is 0.277 e. The van der Waals surface area contributed by atoms with E-state index in [4.69, 9.17) is 16.3 Å². The van der Waals surface area contributed by atoms with Gasteiger partial charge in [0.1, 0.15) is 5.75 Å². The van der Waals surface area contributed by atoms with Crippen LogP contribution in [0.4, 0.5) is 0 Å². The molecule has 0 saturated heterocycles. The quantitative estimate of drug-likeness (QED) is 0.586. The normalized spacial score (nSPS) is 9.95. The first-order valence-corrected chi connectivity index (χ1v) is 7.26. The number of ether oxygens (including phenoxy) is 1. The molecular weight excluding hydrogens is 276 g/mol.